The standard InChI is InChI=1S/C16H19N3O2/c1-12-11-14(18-21-12)15-5-3-2-4-10-19(15)16(20)13-6-8-17-9-7-13/h6-9,11,15H,2-5,10H2,1H3/t15-/m0/s1. The zero-order valence-electron chi connectivity index (χ0n) is 12.2. The molecule has 0 bridgehead atoms. The monoisotopic (exact) mass is 285 g/mol. The Bertz CT molecular complexity index is 609. The summed E-state index contributed by atoms with van der Waals surface area (Å²) in [6, 6.07) is 5.46. The van der Waals surface area contributed by atoms with E-state index in [-0.39, 0.29) is 11.9 Å². The van der Waals surface area contributed by atoms with Crippen molar-refractivity contribution in [2.24, 2.45) is 0 Å². The molecule has 2 aromatic rings. The summed E-state index contributed by atoms with van der Waals surface area (Å²) in [6.07, 6.45) is 7.53. The highest BCUT2D eigenvalue weighted by Gasteiger charge is 2.29. The van der Waals surface area contributed by atoms with Crippen molar-refractivity contribution in [3.8, 4) is 0 Å². The molecule has 1 aliphatic rings. The van der Waals surface area contributed by atoms with Crippen LogP contribution in [0.25, 0.3) is 0 Å². The minimum absolute atomic E-state index is 0.00520. The van der Waals surface area contributed by atoms with E-state index in [0.29, 0.717) is 5.56 Å². The molecular weight excluding hydrogens is 266 g/mol. The Kier molecular flexibility index (Phi) is 3.99. The quantitative estimate of drug-likeness (QED) is 0.850. The highest BCUT2D eigenvalue weighted by atomic mass is 16.5. The van der Waals surface area contributed by atoms with Crippen LogP contribution in [-0.2, 0) is 0 Å². The van der Waals surface area contributed by atoms with Crippen molar-refractivity contribution in [3.05, 3.63) is 47.6 Å². The predicted octanol–water partition coefficient (Wildman–Crippen LogP) is 3.14. The number of rotatable bonds is 2. The van der Waals surface area contributed by atoms with Crippen LogP contribution in [-0.4, -0.2) is 27.5 Å². The summed E-state index contributed by atoms with van der Waals surface area (Å²) in [5.41, 5.74) is 1.54. The van der Waals surface area contributed by atoms with Gasteiger partial charge in [0.25, 0.3) is 5.91 Å². The van der Waals surface area contributed by atoms with E-state index < -0.39 is 0 Å². The summed E-state index contributed by atoms with van der Waals surface area (Å²) in [4.78, 5) is 18.7. The van der Waals surface area contributed by atoms with E-state index in [0.717, 1.165) is 43.7 Å². The maximum Gasteiger partial charge on any atom is 0.254 e. The molecule has 1 aliphatic heterocycles. The van der Waals surface area contributed by atoms with Crippen LogP contribution >= 0.6 is 0 Å². The number of likely N-dealkylation sites (tertiary alicyclic amines) is 1. The van der Waals surface area contributed by atoms with Gasteiger partial charge in [-0.25, -0.2) is 0 Å². The molecule has 1 atom stereocenters. The fourth-order valence-corrected chi connectivity index (χ4v) is 2.86. The van der Waals surface area contributed by atoms with Crippen molar-refractivity contribution in [3.63, 3.8) is 0 Å². The van der Waals surface area contributed by atoms with Gasteiger partial charge in [0.05, 0.1) is 6.04 Å². The fourth-order valence-electron chi connectivity index (χ4n) is 2.86. The largest absolute Gasteiger partial charge is 0.361 e. The van der Waals surface area contributed by atoms with Gasteiger partial charge in [-0.3, -0.25) is 9.78 Å². The number of pyridine rings is 1. The Balaban J connectivity index is 1.90. The second kappa shape index (κ2) is 6.08. The molecule has 0 radical (unpaired) electrons. The third-order valence-electron chi connectivity index (χ3n) is 3.93. The Morgan fingerprint density at radius 3 is 2.81 bits per heavy atom. The van der Waals surface area contributed by atoms with Gasteiger partial charge in [0.1, 0.15) is 11.5 Å². The summed E-state index contributed by atoms with van der Waals surface area (Å²) in [7, 11) is 0. The molecule has 1 amide bonds. The molecule has 5 heteroatoms. The second-order valence-electron chi connectivity index (χ2n) is 5.46. The molecule has 0 unspecified atom stereocenters. The van der Waals surface area contributed by atoms with Gasteiger partial charge in [0.15, 0.2) is 0 Å². The van der Waals surface area contributed by atoms with Crippen molar-refractivity contribution >= 4 is 5.91 Å². The topological polar surface area (TPSA) is 59.2 Å². The number of aryl methyl sites for hydroxylation is 1. The molecule has 3 heterocycles. The van der Waals surface area contributed by atoms with Crippen molar-refractivity contribution in [1.29, 1.82) is 0 Å². The minimum atomic E-state index is 0.00520. The summed E-state index contributed by atoms with van der Waals surface area (Å²) < 4.78 is 5.19. The molecule has 110 valence electrons. The SMILES string of the molecule is Cc1cc([C@@H]2CCCCCN2C(=O)c2ccncc2)no1. The number of hydrogen-bond acceptors (Lipinski definition) is 4. The molecule has 0 saturated carbocycles. The molecule has 0 aromatic carbocycles. The molecule has 3 rings (SSSR count). The number of amides is 1. The van der Waals surface area contributed by atoms with E-state index in [1.54, 1.807) is 24.5 Å². The Morgan fingerprint density at radius 2 is 2.10 bits per heavy atom. The number of nitrogens with zero attached hydrogens (tertiary/aromatic N) is 3. The molecule has 21 heavy (non-hydrogen) atoms. The van der Waals surface area contributed by atoms with Gasteiger partial charge in [0.2, 0.25) is 0 Å². The van der Waals surface area contributed by atoms with Gasteiger partial charge in [-0.2, -0.15) is 0 Å². The average molecular weight is 285 g/mol. The lowest BCUT2D eigenvalue weighted by atomic mass is 10.1. The van der Waals surface area contributed by atoms with Crippen molar-refractivity contribution in [2.45, 2.75) is 38.6 Å². The molecule has 5 nitrogen and oxygen atoms in total. The van der Waals surface area contributed by atoms with Crippen LogP contribution < -0.4 is 0 Å². The zero-order valence-corrected chi connectivity index (χ0v) is 12.2. The minimum Gasteiger partial charge on any atom is -0.361 e. The Labute approximate surface area is 124 Å². The zero-order chi connectivity index (χ0) is 14.7. The molecule has 2 aromatic heterocycles. The van der Waals surface area contributed by atoms with E-state index in [9.17, 15) is 4.79 Å². The highest BCUT2D eigenvalue weighted by Crippen LogP contribution is 2.30. The normalized spacial score (nSPS) is 19.3. The van der Waals surface area contributed by atoms with Crippen LogP contribution in [0.2, 0.25) is 0 Å². The molecule has 0 aliphatic carbocycles. The van der Waals surface area contributed by atoms with E-state index in [1.807, 2.05) is 17.9 Å². The third-order valence-corrected chi connectivity index (χ3v) is 3.93. The van der Waals surface area contributed by atoms with Gasteiger partial charge in [-0.1, -0.05) is 18.0 Å². The van der Waals surface area contributed by atoms with Crippen molar-refractivity contribution in [1.82, 2.24) is 15.0 Å². The summed E-state index contributed by atoms with van der Waals surface area (Å²) in [5.74, 6) is 0.829. The maximum atomic E-state index is 12.8. The summed E-state index contributed by atoms with van der Waals surface area (Å²) >= 11 is 0. The summed E-state index contributed by atoms with van der Waals surface area (Å²) in [5, 5.41) is 4.13. The average Bonchev–Trinajstić information content (AvgIpc) is 2.80. The lowest BCUT2D eigenvalue weighted by Crippen LogP contribution is -2.35. The smallest absolute Gasteiger partial charge is 0.254 e. The van der Waals surface area contributed by atoms with Crippen LogP contribution in [0.15, 0.2) is 35.1 Å². The van der Waals surface area contributed by atoms with Crippen LogP contribution in [0, 0.1) is 6.92 Å². The maximum absolute atomic E-state index is 12.8. The van der Waals surface area contributed by atoms with E-state index >= 15 is 0 Å². The lowest BCUT2D eigenvalue weighted by molar-refractivity contribution is 0.0674. The van der Waals surface area contributed by atoms with Crippen LogP contribution in [0.4, 0.5) is 0 Å². The van der Waals surface area contributed by atoms with Gasteiger partial charge < -0.3 is 9.42 Å². The van der Waals surface area contributed by atoms with Crippen molar-refractivity contribution < 1.29 is 9.32 Å². The molecule has 1 saturated heterocycles. The first-order chi connectivity index (χ1) is 10.3. The van der Waals surface area contributed by atoms with Gasteiger partial charge in [-0.05, 0) is 31.9 Å². The Hall–Kier alpha value is -2.17. The highest BCUT2D eigenvalue weighted by molar-refractivity contribution is 5.94. The van der Waals surface area contributed by atoms with E-state index in [4.69, 9.17) is 4.52 Å². The number of carbonyl (C=O) groups is 1. The van der Waals surface area contributed by atoms with Crippen molar-refractivity contribution in [2.75, 3.05) is 6.54 Å². The number of carbonyl (C=O) groups excluding carboxylic acids is 1. The predicted molar refractivity (Wildman–Crippen MR) is 77.7 cm³/mol. The van der Waals surface area contributed by atoms with E-state index in [2.05, 4.69) is 10.1 Å². The van der Waals surface area contributed by atoms with Crippen LogP contribution in [0.1, 0.15) is 53.5 Å². The first kappa shape index (κ1) is 13.8. The number of aromatic nitrogens is 2. The first-order valence-corrected chi connectivity index (χ1v) is 7.40. The van der Waals surface area contributed by atoms with Gasteiger partial charge in [-0.15, -0.1) is 0 Å². The van der Waals surface area contributed by atoms with Gasteiger partial charge in [0, 0.05) is 30.6 Å². The first-order valence-electron chi connectivity index (χ1n) is 7.40. The van der Waals surface area contributed by atoms with E-state index in [1.165, 1.54) is 0 Å². The molecule has 0 spiro atoms. The second-order valence-corrected chi connectivity index (χ2v) is 5.46. The molecule has 1 fully saturated rings. The number of hydrogen-bond donors (Lipinski definition) is 0. The molecular formula is C16H19N3O2. The molecule has 0 N–H and O–H groups in total. The van der Waals surface area contributed by atoms with Gasteiger partial charge >= 0.3 is 0 Å². The summed E-state index contributed by atoms with van der Waals surface area (Å²) in [6.45, 7) is 2.64. The lowest BCUT2D eigenvalue weighted by Gasteiger charge is -2.28. The Morgan fingerprint density at radius 1 is 1.29 bits per heavy atom. The van der Waals surface area contributed by atoms with Crippen LogP contribution in [0.5, 0.6) is 0 Å². The fraction of sp³-hybridized carbons (Fsp3) is 0.438. The third kappa shape index (κ3) is 2.96. The van der Waals surface area contributed by atoms with Crippen LogP contribution in [0.3, 0.4) is 0 Å².